The van der Waals surface area contributed by atoms with E-state index in [1.54, 1.807) is 0 Å². The largest absolute Gasteiger partial charge is 0.398 e. The fourth-order valence-electron chi connectivity index (χ4n) is 2.80. The molecule has 110 valence electrons. The average molecular weight is 275 g/mol. The number of benzene rings is 1. The van der Waals surface area contributed by atoms with E-state index < -0.39 is 0 Å². The van der Waals surface area contributed by atoms with E-state index in [9.17, 15) is 4.79 Å². The average Bonchev–Trinajstić information content (AvgIpc) is 2.44. The second-order valence-corrected chi connectivity index (χ2v) is 5.83. The lowest BCUT2D eigenvalue weighted by Gasteiger charge is -2.30. The molecule has 1 aromatic carbocycles. The highest BCUT2D eigenvalue weighted by Gasteiger charge is 2.19. The van der Waals surface area contributed by atoms with Gasteiger partial charge in [-0.3, -0.25) is 9.69 Å². The van der Waals surface area contributed by atoms with E-state index in [0.717, 1.165) is 11.3 Å². The van der Waals surface area contributed by atoms with Crippen molar-refractivity contribution >= 4 is 17.3 Å². The number of amides is 1. The normalized spacial score (nSPS) is 16.4. The zero-order valence-corrected chi connectivity index (χ0v) is 12.5. The fraction of sp³-hybridized carbons (Fsp3) is 0.562. The third-order valence-electron chi connectivity index (χ3n) is 4.15. The van der Waals surface area contributed by atoms with Gasteiger partial charge in [-0.25, -0.2) is 0 Å². The number of hydrogen-bond acceptors (Lipinski definition) is 3. The number of likely N-dealkylation sites (N-methyl/N-ethyl adjacent to an activating group) is 1. The maximum absolute atomic E-state index is 12.1. The summed E-state index contributed by atoms with van der Waals surface area (Å²) in [6.07, 6.45) is 6.32. The maximum Gasteiger partial charge on any atom is 0.238 e. The van der Waals surface area contributed by atoms with Gasteiger partial charge in [-0.2, -0.15) is 0 Å². The minimum atomic E-state index is 0.0290. The molecule has 0 bridgehead atoms. The Morgan fingerprint density at radius 2 is 2.05 bits per heavy atom. The molecule has 4 nitrogen and oxygen atoms in total. The Balaban J connectivity index is 1.86. The molecule has 0 spiro atoms. The highest BCUT2D eigenvalue weighted by molar-refractivity contribution is 5.92. The highest BCUT2D eigenvalue weighted by Crippen LogP contribution is 2.21. The summed E-state index contributed by atoms with van der Waals surface area (Å²) in [6, 6.07) is 6.19. The third kappa shape index (κ3) is 3.97. The molecule has 3 N–H and O–H groups in total. The summed E-state index contributed by atoms with van der Waals surface area (Å²) in [4.78, 5) is 14.2. The van der Waals surface area contributed by atoms with Crippen molar-refractivity contribution in [2.75, 3.05) is 24.6 Å². The number of hydrogen-bond donors (Lipinski definition) is 2. The van der Waals surface area contributed by atoms with Crippen LogP contribution in [0.3, 0.4) is 0 Å². The summed E-state index contributed by atoms with van der Waals surface area (Å²) in [7, 11) is 2.04. The number of aryl methyl sites for hydroxylation is 1. The smallest absolute Gasteiger partial charge is 0.238 e. The minimum Gasteiger partial charge on any atom is -0.398 e. The van der Waals surface area contributed by atoms with Crippen molar-refractivity contribution in [3.05, 3.63) is 23.8 Å². The van der Waals surface area contributed by atoms with Crippen LogP contribution in [0.25, 0.3) is 0 Å². The summed E-state index contributed by atoms with van der Waals surface area (Å²) in [6.45, 7) is 2.40. The van der Waals surface area contributed by atoms with Gasteiger partial charge in [0.1, 0.15) is 0 Å². The Morgan fingerprint density at radius 3 is 2.70 bits per heavy atom. The van der Waals surface area contributed by atoms with Crippen LogP contribution >= 0.6 is 0 Å². The molecule has 2 rings (SSSR count). The molecular formula is C16H25N3O. The lowest BCUT2D eigenvalue weighted by molar-refractivity contribution is -0.117. The van der Waals surface area contributed by atoms with Crippen LogP contribution in [-0.4, -0.2) is 30.4 Å². The van der Waals surface area contributed by atoms with Gasteiger partial charge in [0.15, 0.2) is 0 Å². The Hall–Kier alpha value is -1.55. The van der Waals surface area contributed by atoms with Gasteiger partial charge < -0.3 is 11.1 Å². The molecule has 1 aliphatic carbocycles. The van der Waals surface area contributed by atoms with Gasteiger partial charge in [-0.15, -0.1) is 0 Å². The van der Waals surface area contributed by atoms with Crippen molar-refractivity contribution in [3.8, 4) is 0 Å². The van der Waals surface area contributed by atoms with Crippen molar-refractivity contribution in [2.45, 2.75) is 45.1 Å². The Labute approximate surface area is 121 Å². The van der Waals surface area contributed by atoms with E-state index >= 15 is 0 Å². The second-order valence-electron chi connectivity index (χ2n) is 5.83. The van der Waals surface area contributed by atoms with Crippen LogP contribution in [0.1, 0.15) is 37.7 Å². The van der Waals surface area contributed by atoms with Gasteiger partial charge in [-0.05, 0) is 44.5 Å². The Bertz CT molecular complexity index is 467. The van der Waals surface area contributed by atoms with Crippen molar-refractivity contribution < 1.29 is 4.79 Å². The first kappa shape index (κ1) is 14.9. The molecule has 0 radical (unpaired) electrons. The summed E-state index contributed by atoms with van der Waals surface area (Å²) in [5.41, 5.74) is 8.37. The number of carbonyl (C=O) groups is 1. The first-order chi connectivity index (χ1) is 9.56. The summed E-state index contributed by atoms with van der Waals surface area (Å²) >= 11 is 0. The lowest BCUT2D eigenvalue weighted by Crippen LogP contribution is -2.39. The molecule has 1 amide bonds. The first-order valence-electron chi connectivity index (χ1n) is 7.42. The SMILES string of the molecule is Cc1ccc(NC(=O)CN(C)C2CCCCC2)cc1N. The molecule has 1 saturated carbocycles. The number of anilines is 2. The lowest BCUT2D eigenvalue weighted by atomic mass is 9.94. The molecule has 0 saturated heterocycles. The minimum absolute atomic E-state index is 0.0290. The van der Waals surface area contributed by atoms with E-state index in [-0.39, 0.29) is 5.91 Å². The number of nitrogens with one attached hydrogen (secondary N) is 1. The van der Waals surface area contributed by atoms with Crippen LogP contribution < -0.4 is 11.1 Å². The number of nitrogens with two attached hydrogens (primary N) is 1. The highest BCUT2D eigenvalue weighted by atomic mass is 16.2. The predicted molar refractivity (Wildman–Crippen MR) is 83.7 cm³/mol. The van der Waals surface area contributed by atoms with Crippen molar-refractivity contribution in [1.29, 1.82) is 0 Å². The Morgan fingerprint density at radius 1 is 1.35 bits per heavy atom. The van der Waals surface area contributed by atoms with Crippen LogP contribution in [-0.2, 0) is 4.79 Å². The van der Waals surface area contributed by atoms with Gasteiger partial charge in [0.05, 0.1) is 6.54 Å². The number of nitrogen functional groups attached to an aromatic ring is 1. The third-order valence-corrected chi connectivity index (χ3v) is 4.15. The molecule has 0 aromatic heterocycles. The molecule has 0 heterocycles. The first-order valence-corrected chi connectivity index (χ1v) is 7.42. The van der Waals surface area contributed by atoms with Crippen LogP contribution in [0, 0.1) is 6.92 Å². The molecule has 1 fully saturated rings. The van der Waals surface area contributed by atoms with Gasteiger partial charge in [-0.1, -0.05) is 25.3 Å². The number of nitrogens with zero attached hydrogens (tertiary/aromatic N) is 1. The molecule has 1 aliphatic rings. The number of rotatable bonds is 4. The molecular weight excluding hydrogens is 250 g/mol. The van der Waals surface area contributed by atoms with E-state index in [0.29, 0.717) is 18.3 Å². The summed E-state index contributed by atoms with van der Waals surface area (Å²) in [5, 5.41) is 2.92. The van der Waals surface area contributed by atoms with Crippen LogP contribution in [0.5, 0.6) is 0 Å². The van der Waals surface area contributed by atoms with Crippen molar-refractivity contribution in [3.63, 3.8) is 0 Å². The quantitative estimate of drug-likeness (QED) is 0.831. The maximum atomic E-state index is 12.1. The van der Waals surface area contributed by atoms with E-state index in [1.807, 2.05) is 32.2 Å². The fourth-order valence-corrected chi connectivity index (χ4v) is 2.80. The van der Waals surface area contributed by atoms with Gasteiger partial charge in [0.25, 0.3) is 0 Å². The van der Waals surface area contributed by atoms with E-state index in [2.05, 4.69) is 10.2 Å². The van der Waals surface area contributed by atoms with E-state index in [4.69, 9.17) is 5.73 Å². The van der Waals surface area contributed by atoms with Crippen molar-refractivity contribution in [1.82, 2.24) is 4.90 Å². The second kappa shape index (κ2) is 6.75. The number of carbonyl (C=O) groups excluding carboxylic acids is 1. The van der Waals surface area contributed by atoms with Crippen molar-refractivity contribution in [2.24, 2.45) is 0 Å². The van der Waals surface area contributed by atoms with Gasteiger partial charge in [0.2, 0.25) is 5.91 Å². The van der Waals surface area contributed by atoms with Gasteiger partial charge >= 0.3 is 0 Å². The molecule has 0 unspecified atom stereocenters. The molecule has 0 atom stereocenters. The van der Waals surface area contributed by atoms with Crippen LogP contribution in [0.15, 0.2) is 18.2 Å². The van der Waals surface area contributed by atoms with Crippen LogP contribution in [0.2, 0.25) is 0 Å². The predicted octanol–water partition coefficient (Wildman–Crippen LogP) is 2.78. The molecule has 20 heavy (non-hydrogen) atoms. The van der Waals surface area contributed by atoms with Gasteiger partial charge in [0, 0.05) is 17.4 Å². The standard InChI is InChI=1S/C16H25N3O/c1-12-8-9-13(10-15(12)17)18-16(20)11-19(2)14-6-4-3-5-7-14/h8-10,14H,3-7,11,17H2,1-2H3,(H,18,20). The van der Waals surface area contributed by atoms with Crippen LogP contribution in [0.4, 0.5) is 11.4 Å². The molecule has 4 heteroatoms. The molecule has 0 aliphatic heterocycles. The summed E-state index contributed by atoms with van der Waals surface area (Å²) < 4.78 is 0. The summed E-state index contributed by atoms with van der Waals surface area (Å²) in [5.74, 6) is 0.0290. The zero-order valence-electron chi connectivity index (χ0n) is 12.5. The Kier molecular flexibility index (Phi) is 5.01. The monoisotopic (exact) mass is 275 g/mol. The van der Waals surface area contributed by atoms with E-state index in [1.165, 1.54) is 32.1 Å². The molecule has 1 aromatic rings. The zero-order chi connectivity index (χ0) is 14.5. The topological polar surface area (TPSA) is 58.4 Å².